The minimum Gasteiger partial charge on any atom is -0.493 e. The molecule has 3 unspecified atom stereocenters. The molecule has 3 aliphatic rings. The van der Waals surface area contributed by atoms with Gasteiger partial charge in [-0.2, -0.15) is 0 Å². The van der Waals surface area contributed by atoms with Gasteiger partial charge in [0.05, 0.1) is 6.61 Å². The van der Waals surface area contributed by atoms with Crippen LogP contribution >= 0.6 is 0 Å². The van der Waals surface area contributed by atoms with Crippen LogP contribution in [-0.4, -0.2) is 13.7 Å². The van der Waals surface area contributed by atoms with E-state index in [0.29, 0.717) is 6.04 Å². The van der Waals surface area contributed by atoms with E-state index in [2.05, 4.69) is 30.6 Å². The van der Waals surface area contributed by atoms with E-state index in [4.69, 9.17) is 4.74 Å². The summed E-state index contributed by atoms with van der Waals surface area (Å²) in [6.07, 6.45) is 6.67. The molecule has 19 heavy (non-hydrogen) atoms. The van der Waals surface area contributed by atoms with Crippen LogP contribution in [0.1, 0.15) is 42.9 Å². The van der Waals surface area contributed by atoms with Crippen LogP contribution in [0.5, 0.6) is 5.75 Å². The Morgan fingerprint density at radius 1 is 1.21 bits per heavy atom. The Hall–Kier alpha value is -1.02. The number of hydrogen-bond acceptors (Lipinski definition) is 2. The van der Waals surface area contributed by atoms with Gasteiger partial charge in [0.25, 0.3) is 0 Å². The van der Waals surface area contributed by atoms with E-state index >= 15 is 0 Å². The van der Waals surface area contributed by atoms with E-state index in [9.17, 15) is 0 Å². The quantitative estimate of drug-likeness (QED) is 0.897. The second-order valence-corrected chi connectivity index (χ2v) is 6.54. The molecule has 1 N–H and O–H groups in total. The van der Waals surface area contributed by atoms with Crippen molar-refractivity contribution in [3.63, 3.8) is 0 Å². The summed E-state index contributed by atoms with van der Waals surface area (Å²) >= 11 is 0. The van der Waals surface area contributed by atoms with Crippen molar-refractivity contribution >= 4 is 0 Å². The van der Waals surface area contributed by atoms with Gasteiger partial charge in [-0.15, -0.1) is 0 Å². The largest absolute Gasteiger partial charge is 0.493 e. The monoisotopic (exact) mass is 257 g/mol. The van der Waals surface area contributed by atoms with E-state index in [1.54, 1.807) is 0 Å². The van der Waals surface area contributed by atoms with Crippen LogP contribution < -0.4 is 10.1 Å². The Morgan fingerprint density at radius 2 is 2.05 bits per heavy atom. The number of aryl methyl sites for hydroxylation is 1. The molecule has 0 saturated heterocycles. The topological polar surface area (TPSA) is 21.3 Å². The van der Waals surface area contributed by atoms with Crippen molar-refractivity contribution in [2.75, 3.05) is 13.7 Å². The molecule has 3 atom stereocenters. The predicted molar refractivity (Wildman–Crippen MR) is 76.4 cm³/mol. The van der Waals surface area contributed by atoms with Gasteiger partial charge in [0.15, 0.2) is 0 Å². The van der Waals surface area contributed by atoms with Crippen LogP contribution in [0, 0.1) is 17.8 Å². The first-order valence-electron chi connectivity index (χ1n) is 7.78. The highest BCUT2D eigenvalue weighted by molar-refractivity contribution is 5.45. The fourth-order valence-electron chi connectivity index (χ4n) is 4.34. The summed E-state index contributed by atoms with van der Waals surface area (Å²) in [7, 11) is 2.11. The Kier molecular flexibility index (Phi) is 2.80. The maximum Gasteiger partial charge on any atom is 0.127 e. The molecule has 102 valence electrons. The smallest absolute Gasteiger partial charge is 0.127 e. The van der Waals surface area contributed by atoms with Crippen LogP contribution in [0.15, 0.2) is 18.2 Å². The molecule has 0 amide bonds. The van der Waals surface area contributed by atoms with Gasteiger partial charge in [0, 0.05) is 11.6 Å². The molecule has 2 nitrogen and oxygen atoms in total. The Morgan fingerprint density at radius 3 is 2.84 bits per heavy atom. The minimum atomic E-state index is 0.487. The normalized spacial score (nSPS) is 33.2. The molecule has 0 radical (unpaired) electrons. The van der Waals surface area contributed by atoms with Gasteiger partial charge in [-0.3, -0.25) is 0 Å². The molecule has 0 bridgehead atoms. The zero-order chi connectivity index (χ0) is 12.8. The molecule has 4 rings (SSSR count). The van der Waals surface area contributed by atoms with Gasteiger partial charge in [-0.25, -0.2) is 0 Å². The molecule has 2 aliphatic carbocycles. The maximum absolute atomic E-state index is 6.00. The summed E-state index contributed by atoms with van der Waals surface area (Å²) in [5.74, 6) is 4.09. The SMILES string of the molecule is CNC(c1cccc2c1OCCC2)C1CC2CC2C1. The third-order valence-corrected chi connectivity index (χ3v) is 5.36. The molecule has 0 aromatic heterocycles. The van der Waals surface area contributed by atoms with E-state index < -0.39 is 0 Å². The number of fused-ring (bicyclic) bond motifs is 2. The third kappa shape index (κ3) is 1.97. The molecular formula is C17H23NO. The summed E-state index contributed by atoms with van der Waals surface area (Å²) in [5, 5.41) is 3.57. The van der Waals surface area contributed by atoms with Crippen molar-refractivity contribution in [2.45, 2.75) is 38.1 Å². The molecule has 1 aromatic rings. The van der Waals surface area contributed by atoms with Crippen molar-refractivity contribution in [1.29, 1.82) is 0 Å². The average Bonchev–Trinajstić information content (AvgIpc) is 3.07. The van der Waals surface area contributed by atoms with Gasteiger partial charge >= 0.3 is 0 Å². The van der Waals surface area contributed by atoms with Gasteiger partial charge in [-0.1, -0.05) is 18.2 Å². The fraction of sp³-hybridized carbons (Fsp3) is 0.647. The summed E-state index contributed by atoms with van der Waals surface area (Å²) in [6, 6.07) is 7.20. The molecule has 2 fully saturated rings. The third-order valence-electron chi connectivity index (χ3n) is 5.36. The summed E-state index contributed by atoms with van der Waals surface area (Å²) in [6.45, 7) is 0.885. The van der Waals surface area contributed by atoms with Crippen LogP contribution in [0.4, 0.5) is 0 Å². The van der Waals surface area contributed by atoms with Gasteiger partial charge in [0.1, 0.15) is 5.75 Å². The second-order valence-electron chi connectivity index (χ2n) is 6.54. The zero-order valence-corrected chi connectivity index (χ0v) is 11.7. The fourth-order valence-corrected chi connectivity index (χ4v) is 4.34. The van der Waals surface area contributed by atoms with E-state index in [-0.39, 0.29) is 0 Å². The first-order valence-corrected chi connectivity index (χ1v) is 7.78. The lowest BCUT2D eigenvalue weighted by Gasteiger charge is -2.29. The first-order chi connectivity index (χ1) is 9.36. The maximum atomic E-state index is 6.00. The number of rotatable bonds is 3. The number of hydrogen-bond donors (Lipinski definition) is 1. The lowest BCUT2D eigenvalue weighted by Crippen LogP contribution is -2.26. The lowest BCUT2D eigenvalue weighted by molar-refractivity contribution is 0.273. The van der Waals surface area contributed by atoms with Crippen LogP contribution in [0.25, 0.3) is 0 Å². The van der Waals surface area contributed by atoms with Gasteiger partial charge < -0.3 is 10.1 Å². The van der Waals surface area contributed by atoms with Crippen molar-refractivity contribution in [3.05, 3.63) is 29.3 Å². The molecule has 1 aliphatic heterocycles. The molecule has 1 heterocycles. The second kappa shape index (κ2) is 4.52. The van der Waals surface area contributed by atoms with Crippen LogP contribution in [0.3, 0.4) is 0 Å². The summed E-state index contributed by atoms with van der Waals surface area (Å²) in [5.41, 5.74) is 2.82. The molecule has 2 saturated carbocycles. The predicted octanol–water partition coefficient (Wildman–Crippen LogP) is 3.32. The van der Waals surface area contributed by atoms with E-state index in [0.717, 1.165) is 30.8 Å². The number of ether oxygens (including phenoxy) is 1. The zero-order valence-electron chi connectivity index (χ0n) is 11.7. The highest BCUT2D eigenvalue weighted by Gasteiger charge is 2.48. The number of nitrogens with one attached hydrogen (secondary N) is 1. The Bertz CT molecular complexity index is 474. The van der Waals surface area contributed by atoms with Crippen molar-refractivity contribution in [2.24, 2.45) is 17.8 Å². The molecule has 0 spiro atoms. The highest BCUT2D eigenvalue weighted by atomic mass is 16.5. The highest BCUT2D eigenvalue weighted by Crippen LogP contribution is 2.57. The van der Waals surface area contributed by atoms with E-state index in [1.165, 1.54) is 42.6 Å². The standard InChI is InChI=1S/C17H23NO/c1-18-16(14-9-12-8-13(12)10-14)15-6-2-4-11-5-3-7-19-17(11)15/h2,4,6,12-14,16,18H,3,5,7-10H2,1H3. The van der Waals surface area contributed by atoms with Crippen LogP contribution in [-0.2, 0) is 6.42 Å². The molecule has 2 heteroatoms. The average molecular weight is 257 g/mol. The van der Waals surface area contributed by atoms with Crippen LogP contribution in [0.2, 0.25) is 0 Å². The Labute approximate surface area is 115 Å². The molecular weight excluding hydrogens is 234 g/mol. The van der Waals surface area contributed by atoms with Gasteiger partial charge in [-0.05, 0) is 62.5 Å². The van der Waals surface area contributed by atoms with Crippen molar-refractivity contribution < 1.29 is 4.74 Å². The number of para-hydroxylation sites is 1. The molecule has 1 aromatic carbocycles. The van der Waals surface area contributed by atoms with Crippen molar-refractivity contribution in [1.82, 2.24) is 5.32 Å². The van der Waals surface area contributed by atoms with E-state index in [1.807, 2.05) is 0 Å². The number of benzene rings is 1. The van der Waals surface area contributed by atoms with Gasteiger partial charge in [0.2, 0.25) is 0 Å². The first kappa shape index (κ1) is 11.8. The minimum absolute atomic E-state index is 0.487. The summed E-state index contributed by atoms with van der Waals surface area (Å²) in [4.78, 5) is 0. The lowest BCUT2D eigenvalue weighted by atomic mass is 9.87. The van der Waals surface area contributed by atoms with Crippen molar-refractivity contribution in [3.8, 4) is 5.75 Å². The Balaban J connectivity index is 1.65. The summed E-state index contributed by atoms with van der Waals surface area (Å²) < 4.78 is 6.00.